The Labute approximate surface area is 116 Å². The average molecular weight is 264 g/mol. The maximum absolute atomic E-state index is 13.9. The lowest BCUT2D eigenvalue weighted by Gasteiger charge is -2.21. The normalized spacial score (nSPS) is 18.2. The predicted molar refractivity (Wildman–Crippen MR) is 77.3 cm³/mol. The summed E-state index contributed by atoms with van der Waals surface area (Å²) in [6.07, 6.45) is 7.19. The molecule has 1 aromatic rings. The van der Waals surface area contributed by atoms with Gasteiger partial charge in [0.1, 0.15) is 11.9 Å². The number of hydrogen-bond acceptors (Lipinski definition) is 1. The van der Waals surface area contributed by atoms with Crippen LogP contribution in [0.3, 0.4) is 0 Å². The Morgan fingerprint density at radius 3 is 2.79 bits per heavy atom. The van der Waals surface area contributed by atoms with E-state index in [1.807, 2.05) is 31.2 Å². The summed E-state index contributed by atoms with van der Waals surface area (Å²) in [5.74, 6) is 1.51. The van der Waals surface area contributed by atoms with Crippen LogP contribution in [0.4, 0.5) is 4.39 Å². The third-order valence-corrected chi connectivity index (χ3v) is 3.97. The summed E-state index contributed by atoms with van der Waals surface area (Å²) in [7, 11) is 0. The standard InChI is InChI=1S/C17H25FO/c1-2-7-17(18)15-10-6-11-16(12-15)19-13-14-8-4-3-5-9-14/h6,10-12,14,17H,2-5,7-9,13H2,1H3. The van der Waals surface area contributed by atoms with Crippen LogP contribution in [0.25, 0.3) is 0 Å². The zero-order valence-corrected chi connectivity index (χ0v) is 11.9. The van der Waals surface area contributed by atoms with Crippen molar-refractivity contribution in [1.29, 1.82) is 0 Å². The van der Waals surface area contributed by atoms with Crippen LogP contribution in [0.15, 0.2) is 24.3 Å². The van der Waals surface area contributed by atoms with Crippen LogP contribution in [0.2, 0.25) is 0 Å². The van der Waals surface area contributed by atoms with E-state index < -0.39 is 6.17 Å². The number of halogens is 1. The topological polar surface area (TPSA) is 9.23 Å². The van der Waals surface area contributed by atoms with E-state index >= 15 is 0 Å². The van der Waals surface area contributed by atoms with Crippen LogP contribution in [0.5, 0.6) is 5.75 Å². The van der Waals surface area contributed by atoms with Crippen molar-refractivity contribution in [3.05, 3.63) is 29.8 Å². The molecule has 2 heteroatoms. The van der Waals surface area contributed by atoms with Gasteiger partial charge in [-0.15, -0.1) is 0 Å². The minimum Gasteiger partial charge on any atom is -0.493 e. The van der Waals surface area contributed by atoms with Gasteiger partial charge in [-0.3, -0.25) is 0 Å². The second kappa shape index (κ2) is 7.52. The van der Waals surface area contributed by atoms with Crippen molar-refractivity contribution < 1.29 is 9.13 Å². The lowest BCUT2D eigenvalue weighted by atomic mass is 9.90. The molecule has 0 aliphatic heterocycles. The zero-order chi connectivity index (χ0) is 13.5. The lowest BCUT2D eigenvalue weighted by Crippen LogP contribution is -2.15. The summed E-state index contributed by atoms with van der Waals surface area (Å²) in [6, 6.07) is 7.55. The number of ether oxygens (including phenoxy) is 1. The molecule has 0 N–H and O–H groups in total. The molecule has 0 saturated heterocycles. The number of benzene rings is 1. The molecule has 1 aromatic carbocycles. The number of alkyl halides is 1. The summed E-state index contributed by atoms with van der Waals surface area (Å²) in [5.41, 5.74) is 0.753. The molecule has 1 atom stereocenters. The van der Waals surface area contributed by atoms with Gasteiger partial charge in [0.2, 0.25) is 0 Å². The van der Waals surface area contributed by atoms with E-state index in [1.54, 1.807) is 0 Å². The van der Waals surface area contributed by atoms with Gasteiger partial charge in [0.25, 0.3) is 0 Å². The third kappa shape index (κ3) is 4.52. The van der Waals surface area contributed by atoms with Crippen LogP contribution in [0.1, 0.15) is 63.6 Å². The summed E-state index contributed by atoms with van der Waals surface area (Å²) >= 11 is 0. The first-order valence-corrected chi connectivity index (χ1v) is 7.66. The highest BCUT2D eigenvalue weighted by Gasteiger charge is 2.14. The van der Waals surface area contributed by atoms with Gasteiger partial charge in [0.15, 0.2) is 0 Å². The summed E-state index contributed by atoms with van der Waals surface area (Å²) < 4.78 is 19.7. The van der Waals surface area contributed by atoms with E-state index in [-0.39, 0.29) is 0 Å². The molecule has 0 aromatic heterocycles. The van der Waals surface area contributed by atoms with Crippen molar-refractivity contribution in [1.82, 2.24) is 0 Å². The maximum Gasteiger partial charge on any atom is 0.125 e. The Balaban J connectivity index is 1.87. The first kappa shape index (κ1) is 14.4. The summed E-state index contributed by atoms with van der Waals surface area (Å²) in [4.78, 5) is 0. The zero-order valence-electron chi connectivity index (χ0n) is 11.9. The van der Waals surface area contributed by atoms with Gasteiger partial charge >= 0.3 is 0 Å². The lowest BCUT2D eigenvalue weighted by molar-refractivity contribution is 0.208. The Hall–Kier alpha value is -1.05. The minimum atomic E-state index is -0.858. The fourth-order valence-corrected chi connectivity index (χ4v) is 2.79. The van der Waals surface area contributed by atoms with E-state index in [9.17, 15) is 4.39 Å². The molecule has 0 heterocycles. The van der Waals surface area contributed by atoms with Crippen molar-refractivity contribution in [3.8, 4) is 5.75 Å². The molecule has 1 aliphatic carbocycles. The Kier molecular flexibility index (Phi) is 5.68. The number of hydrogen-bond donors (Lipinski definition) is 0. The molecular weight excluding hydrogens is 239 g/mol. The summed E-state index contributed by atoms with van der Waals surface area (Å²) in [5, 5.41) is 0. The highest BCUT2D eigenvalue weighted by Crippen LogP contribution is 2.28. The highest BCUT2D eigenvalue weighted by molar-refractivity contribution is 5.29. The molecule has 0 spiro atoms. The van der Waals surface area contributed by atoms with Crippen LogP contribution >= 0.6 is 0 Å². The van der Waals surface area contributed by atoms with Crippen molar-refractivity contribution in [3.63, 3.8) is 0 Å². The average Bonchev–Trinajstić information content (AvgIpc) is 2.47. The molecule has 106 valence electrons. The molecule has 1 unspecified atom stereocenters. The van der Waals surface area contributed by atoms with Crippen molar-refractivity contribution in [2.75, 3.05) is 6.61 Å². The van der Waals surface area contributed by atoms with Crippen molar-refractivity contribution in [2.45, 2.75) is 58.0 Å². The fourth-order valence-electron chi connectivity index (χ4n) is 2.79. The molecule has 1 aliphatic rings. The van der Waals surface area contributed by atoms with Gasteiger partial charge in [-0.05, 0) is 42.9 Å². The third-order valence-electron chi connectivity index (χ3n) is 3.97. The van der Waals surface area contributed by atoms with Gasteiger partial charge in [0.05, 0.1) is 6.61 Å². The largest absolute Gasteiger partial charge is 0.493 e. The van der Waals surface area contributed by atoms with Gasteiger partial charge in [-0.1, -0.05) is 44.7 Å². The van der Waals surface area contributed by atoms with Gasteiger partial charge in [-0.25, -0.2) is 4.39 Å². The molecule has 1 nitrogen and oxygen atoms in total. The molecule has 1 saturated carbocycles. The second-order valence-corrected chi connectivity index (χ2v) is 5.64. The smallest absolute Gasteiger partial charge is 0.125 e. The second-order valence-electron chi connectivity index (χ2n) is 5.64. The molecule has 0 bridgehead atoms. The molecule has 19 heavy (non-hydrogen) atoms. The molecule has 0 radical (unpaired) electrons. The minimum absolute atomic E-state index is 0.589. The molecule has 0 amide bonds. The van der Waals surface area contributed by atoms with E-state index in [2.05, 4.69) is 0 Å². The Morgan fingerprint density at radius 1 is 1.26 bits per heavy atom. The van der Waals surface area contributed by atoms with Crippen LogP contribution in [-0.2, 0) is 0 Å². The van der Waals surface area contributed by atoms with Gasteiger partial charge in [-0.2, -0.15) is 0 Å². The first-order valence-electron chi connectivity index (χ1n) is 7.66. The molecular formula is C17H25FO. The van der Waals surface area contributed by atoms with Crippen LogP contribution in [-0.4, -0.2) is 6.61 Å². The molecule has 1 fully saturated rings. The van der Waals surface area contributed by atoms with Crippen LogP contribution < -0.4 is 4.74 Å². The first-order chi connectivity index (χ1) is 9.29. The van der Waals surface area contributed by atoms with Gasteiger partial charge < -0.3 is 4.74 Å². The van der Waals surface area contributed by atoms with Gasteiger partial charge in [0, 0.05) is 0 Å². The maximum atomic E-state index is 13.9. The predicted octanol–water partition coefficient (Wildman–Crippen LogP) is 5.46. The molecule has 2 rings (SSSR count). The number of rotatable bonds is 6. The Morgan fingerprint density at radius 2 is 2.05 bits per heavy atom. The van der Waals surface area contributed by atoms with Crippen molar-refractivity contribution >= 4 is 0 Å². The highest BCUT2D eigenvalue weighted by atomic mass is 19.1. The van der Waals surface area contributed by atoms with E-state index in [1.165, 1.54) is 32.1 Å². The summed E-state index contributed by atoms with van der Waals surface area (Å²) in [6.45, 7) is 2.80. The van der Waals surface area contributed by atoms with E-state index in [0.29, 0.717) is 12.3 Å². The SMILES string of the molecule is CCCC(F)c1cccc(OCC2CCCCC2)c1. The van der Waals surface area contributed by atoms with E-state index in [0.717, 1.165) is 24.3 Å². The monoisotopic (exact) mass is 264 g/mol. The van der Waals surface area contributed by atoms with Crippen LogP contribution in [0, 0.1) is 5.92 Å². The van der Waals surface area contributed by atoms with E-state index in [4.69, 9.17) is 4.74 Å². The van der Waals surface area contributed by atoms with Crippen molar-refractivity contribution in [2.24, 2.45) is 5.92 Å². The Bertz CT molecular complexity index is 371. The fraction of sp³-hybridized carbons (Fsp3) is 0.647. The quantitative estimate of drug-likeness (QED) is 0.663.